The van der Waals surface area contributed by atoms with Crippen LogP contribution in [0.5, 0.6) is 11.5 Å². The summed E-state index contributed by atoms with van der Waals surface area (Å²) in [5, 5.41) is 3.16. The Balaban J connectivity index is 1.79. The van der Waals surface area contributed by atoms with Crippen molar-refractivity contribution in [1.82, 2.24) is 5.32 Å². The third-order valence-corrected chi connectivity index (χ3v) is 4.76. The summed E-state index contributed by atoms with van der Waals surface area (Å²) in [5.41, 5.74) is 1.61. The molecule has 0 spiro atoms. The predicted octanol–water partition coefficient (Wildman–Crippen LogP) is 4.42. The van der Waals surface area contributed by atoms with Crippen molar-refractivity contribution in [3.8, 4) is 11.5 Å². The van der Waals surface area contributed by atoms with Crippen LogP contribution >= 0.6 is 15.9 Å². The highest BCUT2D eigenvalue weighted by atomic mass is 79.9. The Morgan fingerprint density at radius 3 is 2.84 bits per heavy atom. The summed E-state index contributed by atoms with van der Waals surface area (Å²) in [6.07, 6.45) is 1.07. The van der Waals surface area contributed by atoms with Crippen molar-refractivity contribution in [2.24, 2.45) is 0 Å². The molecule has 0 bridgehead atoms. The number of ether oxygens (including phenoxy) is 2. The van der Waals surface area contributed by atoms with Gasteiger partial charge in [0.1, 0.15) is 17.1 Å². The van der Waals surface area contributed by atoms with Crippen LogP contribution in [0.4, 0.5) is 0 Å². The molecule has 1 aliphatic heterocycles. The van der Waals surface area contributed by atoms with Crippen LogP contribution in [0.2, 0.25) is 0 Å². The molecule has 1 heterocycles. The van der Waals surface area contributed by atoms with Gasteiger partial charge in [-0.3, -0.25) is 4.79 Å². The molecule has 132 valence electrons. The molecule has 3 rings (SSSR count). The van der Waals surface area contributed by atoms with Gasteiger partial charge in [-0.1, -0.05) is 28.1 Å². The second-order valence-corrected chi connectivity index (χ2v) is 7.81. The summed E-state index contributed by atoms with van der Waals surface area (Å²) in [7, 11) is 1.63. The number of fused-ring (bicyclic) bond motifs is 1. The van der Waals surface area contributed by atoms with Crippen LogP contribution in [-0.2, 0) is 11.2 Å². The minimum Gasteiger partial charge on any atom is -0.497 e. The fourth-order valence-electron chi connectivity index (χ4n) is 3.17. The molecule has 0 fully saturated rings. The first-order valence-electron chi connectivity index (χ1n) is 8.27. The van der Waals surface area contributed by atoms with E-state index in [1.807, 2.05) is 56.3 Å². The van der Waals surface area contributed by atoms with E-state index in [0.717, 1.165) is 33.5 Å². The van der Waals surface area contributed by atoms with Crippen LogP contribution in [0.3, 0.4) is 0 Å². The van der Waals surface area contributed by atoms with E-state index in [9.17, 15) is 4.79 Å². The Hall–Kier alpha value is -2.01. The van der Waals surface area contributed by atoms with Crippen LogP contribution in [-0.4, -0.2) is 18.6 Å². The van der Waals surface area contributed by atoms with Crippen LogP contribution in [0.25, 0.3) is 0 Å². The number of nitrogens with one attached hydrogen (secondary N) is 1. The van der Waals surface area contributed by atoms with E-state index in [0.29, 0.717) is 6.42 Å². The molecule has 1 N–H and O–H groups in total. The number of hydrogen-bond acceptors (Lipinski definition) is 3. The minimum absolute atomic E-state index is 0.00238. The van der Waals surface area contributed by atoms with Crippen molar-refractivity contribution >= 4 is 21.8 Å². The van der Waals surface area contributed by atoms with E-state index in [1.165, 1.54) is 0 Å². The molecule has 0 saturated carbocycles. The topological polar surface area (TPSA) is 47.6 Å². The van der Waals surface area contributed by atoms with Gasteiger partial charge >= 0.3 is 0 Å². The monoisotopic (exact) mass is 403 g/mol. The molecule has 0 saturated heterocycles. The van der Waals surface area contributed by atoms with Gasteiger partial charge in [-0.2, -0.15) is 0 Å². The molecule has 0 aliphatic carbocycles. The molecule has 25 heavy (non-hydrogen) atoms. The molecule has 1 amide bonds. The fourth-order valence-corrected chi connectivity index (χ4v) is 3.61. The fraction of sp³-hybridized carbons (Fsp3) is 0.350. The Kier molecular flexibility index (Phi) is 5.04. The average Bonchev–Trinajstić information content (AvgIpc) is 2.53. The lowest BCUT2D eigenvalue weighted by Crippen LogP contribution is -2.41. The highest BCUT2D eigenvalue weighted by Gasteiger charge is 2.34. The second-order valence-electron chi connectivity index (χ2n) is 6.90. The smallest absolute Gasteiger partial charge is 0.224 e. The quantitative estimate of drug-likeness (QED) is 0.821. The van der Waals surface area contributed by atoms with Crippen molar-refractivity contribution in [2.45, 2.75) is 38.3 Å². The molecule has 1 atom stereocenters. The zero-order valence-electron chi connectivity index (χ0n) is 14.6. The van der Waals surface area contributed by atoms with Gasteiger partial charge in [0.2, 0.25) is 5.91 Å². The lowest BCUT2D eigenvalue weighted by Gasteiger charge is -2.38. The maximum absolute atomic E-state index is 12.5. The Morgan fingerprint density at radius 1 is 1.32 bits per heavy atom. The number of hydrogen-bond donors (Lipinski definition) is 1. The van der Waals surface area contributed by atoms with Gasteiger partial charge < -0.3 is 14.8 Å². The normalized spacial score (nSPS) is 18.0. The molecule has 4 nitrogen and oxygen atoms in total. The number of benzene rings is 2. The van der Waals surface area contributed by atoms with E-state index in [4.69, 9.17) is 9.47 Å². The van der Waals surface area contributed by atoms with Gasteiger partial charge in [-0.25, -0.2) is 0 Å². The minimum atomic E-state index is -0.354. The van der Waals surface area contributed by atoms with Crippen molar-refractivity contribution in [2.75, 3.05) is 7.11 Å². The molecule has 1 aliphatic rings. The summed E-state index contributed by atoms with van der Waals surface area (Å²) in [6.45, 7) is 4.06. The molecule has 2 aromatic carbocycles. The lowest BCUT2D eigenvalue weighted by molar-refractivity contribution is -0.121. The first-order valence-corrected chi connectivity index (χ1v) is 9.06. The molecule has 2 aromatic rings. The summed E-state index contributed by atoms with van der Waals surface area (Å²) >= 11 is 3.44. The maximum atomic E-state index is 12.5. The van der Waals surface area contributed by atoms with Gasteiger partial charge in [0.25, 0.3) is 0 Å². The molecule has 5 heteroatoms. The standard InChI is InChI=1S/C20H22BrNO3/c1-20(2)12-17(16-8-7-15(24-3)11-18(16)25-20)22-19(23)10-13-5-4-6-14(21)9-13/h4-9,11,17H,10,12H2,1-3H3,(H,22,23)/t17-/m1/s1. The average molecular weight is 404 g/mol. The Labute approximate surface area is 156 Å². The summed E-state index contributed by atoms with van der Waals surface area (Å²) in [5.74, 6) is 1.52. The Morgan fingerprint density at radius 2 is 2.12 bits per heavy atom. The number of rotatable bonds is 4. The molecule has 0 aromatic heterocycles. The molecule has 0 radical (unpaired) electrons. The van der Waals surface area contributed by atoms with Gasteiger partial charge in [-0.05, 0) is 43.7 Å². The van der Waals surface area contributed by atoms with E-state index in [-0.39, 0.29) is 17.6 Å². The highest BCUT2D eigenvalue weighted by Crippen LogP contribution is 2.41. The molecular weight excluding hydrogens is 382 g/mol. The van der Waals surface area contributed by atoms with Gasteiger partial charge in [0.15, 0.2) is 0 Å². The summed E-state index contributed by atoms with van der Waals surface area (Å²) in [4.78, 5) is 12.5. The number of methoxy groups -OCH3 is 1. The SMILES string of the molecule is COc1ccc2c(c1)OC(C)(C)C[C@H]2NC(=O)Cc1cccc(Br)c1. The van der Waals surface area contributed by atoms with Crippen molar-refractivity contribution in [1.29, 1.82) is 0 Å². The number of halogens is 1. The largest absolute Gasteiger partial charge is 0.497 e. The highest BCUT2D eigenvalue weighted by molar-refractivity contribution is 9.10. The third-order valence-electron chi connectivity index (χ3n) is 4.27. The van der Waals surface area contributed by atoms with Crippen molar-refractivity contribution in [3.63, 3.8) is 0 Å². The summed E-state index contributed by atoms with van der Waals surface area (Å²) < 4.78 is 12.3. The van der Waals surface area contributed by atoms with Crippen LogP contribution in [0, 0.1) is 0 Å². The van der Waals surface area contributed by atoms with Crippen LogP contribution in [0.15, 0.2) is 46.9 Å². The first kappa shape index (κ1) is 17.8. The summed E-state index contributed by atoms with van der Waals surface area (Å²) in [6, 6.07) is 13.5. The number of carbonyl (C=O) groups excluding carboxylic acids is 1. The van der Waals surface area contributed by atoms with Gasteiger partial charge in [0.05, 0.1) is 19.6 Å². The third kappa shape index (κ3) is 4.34. The van der Waals surface area contributed by atoms with Crippen molar-refractivity contribution < 1.29 is 14.3 Å². The number of amides is 1. The van der Waals surface area contributed by atoms with Gasteiger partial charge in [0, 0.05) is 22.5 Å². The van der Waals surface area contributed by atoms with E-state index < -0.39 is 0 Å². The van der Waals surface area contributed by atoms with E-state index in [2.05, 4.69) is 21.2 Å². The first-order chi connectivity index (χ1) is 11.9. The van der Waals surface area contributed by atoms with Crippen LogP contribution < -0.4 is 14.8 Å². The van der Waals surface area contributed by atoms with E-state index >= 15 is 0 Å². The number of carbonyl (C=O) groups is 1. The second kappa shape index (κ2) is 7.08. The molecular formula is C20H22BrNO3. The van der Waals surface area contributed by atoms with Gasteiger partial charge in [-0.15, -0.1) is 0 Å². The lowest BCUT2D eigenvalue weighted by atomic mass is 9.89. The predicted molar refractivity (Wildman–Crippen MR) is 101 cm³/mol. The zero-order valence-corrected chi connectivity index (χ0v) is 16.2. The Bertz CT molecular complexity index is 788. The molecule has 0 unspecified atom stereocenters. The van der Waals surface area contributed by atoms with Crippen molar-refractivity contribution in [3.05, 3.63) is 58.1 Å². The zero-order chi connectivity index (χ0) is 18.0. The van der Waals surface area contributed by atoms with Crippen LogP contribution in [0.1, 0.15) is 37.4 Å². The maximum Gasteiger partial charge on any atom is 0.224 e. The van der Waals surface area contributed by atoms with E-state index in [1.54, 1.807) is 7.11 Å².